The van der Waals surface area contributed by atoms with Crippen LogP contribution >= 0.6 is 0 Å². The van der Waals surface area contributed by atoms with Crippen LogP contribution < -0.4 is 0 Å². The van der Waals surface area contributed by atoms with E-state index in [0.717, 1.165) is 13.0 Å². The molecule has 1 N–H and O–H groups in total. The number of aliphatic hydroxyl groups is 1. The molecule has 1 rings (SSSR count). The first-order chi connectivity index (χ1) is 7.08. The van der Waals surface area contributed by atoms with Gasteiger partial charge in [-0.15, -0.1) is 0 Å². The normalized spacial score (nSPS) is 25.8. The molecular formula is C13H26O2. The first kappa shape index (κ1) is 13.0. The van der Waals surface area contributed by atoms with Gasteiger partial charge in [-0.3, -0.25) is 0 Å². The van der Waals surface area contributed by atoms with Crippen LogP contribution in [0, 0.1) is 11.3 Å². The highest BCUT2D eigenvalue weighted by Crippen LogP contribution is 2.33. The predicted octanol–water partition coefficient (Wildman–Crippen LogP) is 2.99. The van der Waals surface area contributed by atoms with Crippen molar-refractivity contribution in [1.82, 2.24) is 0 Å². The van der Waals surface area contributed by atoms with E-state index in [1.807, 2.05) is 0 Å². The number of hydrogen-bond acceptors (Lipinski definition) is 2. The fourth-order valence-corrected chi connectivity index (χ4v) is 2.16. The Labute approximate surface area is 94.0 Å². The lowest BCUT2D eigenvalue weighted by atomic mass is 9.76. The summed E-state index contributed by atoms with van der Waals surface area (Å²) in [5, 5.41) is 9.42. The lowest BCUT2D eigenvalue weighted by Gasteiger charge is -2.32. The topological polar surface area (TPSA) is 29.5 Å². The fourth-order valence-electron chi connectivity index (χ4n) is 2.16. The van der Waals surface area contributed by atoms with Gasteiger partial charge < -0.3 is 9.84 Å². The van der Waals surface area contributed by atoms with E-state index in [0.29, 0.717) is 18.6 Å². The molecule has 1 aliphatic heterocycles. The zero-order chi connectivity index (χ0) is 11.3. The van der Waals surface area contributed by atoms with Crippen molar-refractivity contribution in [2.45, 2.75) is 59.0 Å². The summed E-state index contributed by atoms with van der Waals surface area (Å²) in [4.78, 5) is 0. The highest BCUT2D eigenvalue weighted by Gasteiger charge is 2.27. The Morgan fingerprint density at radius 3 is 2.67 bits per heavy atom. The molecule has 0 radical (unpaired) electrons. The Kier molecular flexibility index (Phi) is 5.07. The third-order valence-electron chi connectivity index (χ3n) is 4.05. The lowest BCUT2D eigenvalue weighted by molar-refractivity contribution is 0.0673. The molecule has 2 heteroatoms. The molecule has 2 nitrogen and oxygen atoms in total. The highest BCUT2D eigenvalue weighted by atomic mass is 16.5. The summed E-state index contributed by atoms with van der Waals surface area (Å²) < 4.78 is 5.60. The van der Waals surface area contributed by atoms with Gasteiger partial charge in [-0.05, 0) is 37.0 Å². The van der Waals surface area contributed by atoms with Gasteiger partial charge in [0.15, 0.2) is 0 Å². The molecule has 15 heavy (non-hydrogen) atoms. The molecule has 1 heterocycles. The summed E-state index contributed by atoms with van der Waals surface area (Å²) >= 11 is 0. The van der Waals surface area contributed by atoms with Crippen molar-refractivity contribution in [2.24, 2.45) is 11.3 Å². The van der Waals surface area contributed by atoms with Crippen molar-refractivity contribution in [1.29, 1.82) is 0 Å². The number of rotatable bonds is 6. The second kappa shape index (κ2) is 5.86. The molecular weight excluding hydrogens is 188 g/mol. The maximum atomic E-state index is 9.42. The number of ether oxygens (including phenoxy) is 1. The molecule has 0 aromatic heterocycles. The van der Waals surface area contributed by atoms with Crippen molar-refractivity contribution in [2.75, 3.05) is 13.2 Å². The van der Waals surface area contributed by atoms with Crippen LogP contribution in [-0.2, 0) is 4.74 Å². The second-order valence-electron chi connectivity index (χ2n) is 5.49. The van der Waals surface area contributed by atoms with Crippen molar-refractivity contribution in [3.63, 3.8) is 0 Å². The number of aliphatic hydroxyl groups excluding tert-OH is 1. The van der Waals surface area contributed by atoms with Crippen LogP contribution in [0.4, 0.5) is 0 Å². The van der Waals surface area contributed by atoms with E-state index >= 15 is 0 Å². The van der Waals surface area contributed by atoms with Crippen LogP contribution in [0.25, 0.3) is 0 Å². The van der Waals surface area contributed by atoms with Crippen molar-refractivity contribution in [3.05, 3.63) is 0 Å². The van der Waals surface area contributed by atoms with E-state index in [4.69, 9.17) is 4.74 Å². The zero-order valence-corrected chi connectivity index (χ0v) is 10.5. The summed E-state index contributed by atoms with van der Waals surface area (Å²) in [6.07, 6.45) is 6.42. The highest BCUT2D eigenvalue weighted by molar-refractivity contribution is 4.77. The first-order valence-corrected chi connectivity index (χ1v) is 6.31. The van der Waals surface area contributed by atoms with Gasteiger partial charge in [0.05, 0.1) is 6.10 Å². The predicted molar refractivity (Wildman–Crippen MR) is 62.9 cm³/mol. The molecule has 1 saturated heterocycles. The SMILES string of the molecule is CC(C)C(C)(CO)CCCC1CCCO1. The maximum Gasteiger partial charge on any atom is 0.0576 e. The van der Waals surface area contributed by atoms with E-state index in [1.54, 1.807) is 0 Å². The first-order valence-electron chi connectivity index (χ1n) is 6.31. The Morgan fingerprint density at radius 2 is 2.20 bits per heavy atom. The molecule has 0 aliphatic carbocycles. The minimum Gasteiger partial charge on any atom is -0.396 e. The average molecular weight is 214 g/mol. The average Bonchev–Trinajstić information content (AvgIpc) is 2.70. The van der Waals surface area contributed by atoms with Crippen LogP contribution in [0.5, 0.6) is 0 Å². The summed E-state index contributed by atoms with van der Waals surface area (Å²) in [7, 11) is 0. The van der Waals surface area contributed by atoms with Gasteiger partial charge in [0.1, 0.15) is 0 Å². The van der Waals surface area contributed by atoms with Gasteiger partial charge >= 0.3 is 0 Å². The van der Waals surface area contributed by atoms with E-state index < -0.39 is 0 Å². The molecule has 0 aromatic rings. The quantitative estimate of drug-likeness (QED) is 0.736. The summed E-state index contributed by atoms with van der Waals surface area (Å²) in [5.41, 5.74) is 0.0958. The van der Waals surface area contributed by atoms with Crippen molar-refractivity contribution in [3.8, 4) is 0 Å². The van der Waals surface area contributed by atoms with Crippen LogP contribution in [-0.4, -0.2) is 24.4 Å². The van der Waals surface area contributed by atoms with Gasteiger partial charge in [0.2, 0.25) is 0 Å². The van der Waals surface area contributed by atoms with E-state index in [2.05, 4.69) is 20.8 Å². The largest absolute Gasteiger partial charge is 0.396 e. The number of hydrogen-bond donors (Lipinski definition) is 1. The molecule has 1 aliphatic rings. The molecule has 1 fully saturated rings. The maximum absolute atomic E-state index is 9.42. The summed E-state index contributed by atoms with van der Waals surface area (Å²) in [6.45, 7) is 7.83. The molecule has 90 valence electrons. The van der Waals surface area contributed by atoms with Crippen molar-refractivity contribution >= 4 is 0 Å². The van der Waals surface area contributed by atoms with Gasteiger partial charge in [-0.2, -0.15) is 0 Å². The van der Waals surface area contributed by atoms with Crippen LogP contribution in [0.1, 0.15) is 52.9 Å². The second-order valence-corrected chi connectivity index (χ2v) is 5.49. The molecule has 0 spiro atoms. The lowest BCUT2D eigenvalue weighted by Crippen LogP contribution is -2.28. The van der Waals surface area contributed by atoms with Crippen molar-refractivity contribution < 1.29 is 9.84 Å². The third-order valence-corrected chi connectivity index (χ3v) is 4.05. The molecule has 0 aromatic carbocycles. The Hall–Kier alpha value is -0.0800. The zero-order valence-electron chi connectivity index (χ0n) is 10.5. The molecule has 2 unspecified atom stereocenters. The fraction of sp³-hybridized carbons (Fsp3) is 1.00. The van der Waals surface area contributed by atoms with Crippen LogP contribution in [0.2, 0.25) is 0 Å². The summed E-state index contributed by atoms with van der Waals surface area (Å²) in [5.74, 6) is 0.548. The van der Waals surface area contributed by atoms with Gasteiger partial charge in [-0.25, -0.2) is 0 Å². The van der Waals surface area contributed by atoms with Gasteiger partial charge in [0.25, 0.3) is 0 Å². The minimum atomic E-state index is 0.0958. The van der Waals surface area contributed by atoms with Gasteiger partial charge in [-0.1, -0.05) is 27.2 Å². The third kappa shape index (κ3) is 3.76. The Bertz CT molecular complexity index is 173. The molecule has 0 bridgehead atoms. The smallest absolute Gasteiger partial charge is 0.0576 e. The van der Waals surface area contributed by atoms with E-state index in [-0.39, 0.29) is 5.41 Å². The Balaban J connectivity index is 2.22. The van der Waals surface area contributed by atoms with E-state index in [9.17, 15) is 5.11 Å². The monoisotopic (exact) mass is 214 g/mol. The Morgan fingerprint density at radius 1 is 1.47 bits per heavy atom. The molecule has 2 atom stereocenters. The standard InChI is InChI=1S/C13H26O2/c1-11(2)13(3,10-14)8-4-6-12-7-5-9-15-12/h11-12,14H,4-10H2,1-3H3. The van der Waals surface area contributed by atoms with E-state index in [1.165, 1.54) is 25.7 Å². The van der Waals surface area contributed by atoms with Crippen LogP contribution in [0.3, 0.4) is 0 Å². The molecule has 0 amide bonds. The summed E-state index contributed by atoms with van der Waals surface area (Å²) in [6, 6.07) is 0. The van der Waals surface area contributed by atoms with Crippen LogP contribution in [0.15, 0.2) is 0 Å². The minimum absolute atomic E-state index is 0.0958. The van der Waals surface area contributed by atoms with Gasteiger partial charge in [0, 0.05) is 13.2 Å². The molecule has 0 saturated carbocycles.